The van der Waals surface area contributed by atoms with Crippen LogP contribution in [0.2, 0.25) is 0 Å². The van der Waals surface area contributed by atoms with Crippen molar-refractivity contribution in [2.45, 2.75) is 56.3 Å². The first kappa shape index (κ1) is 26.8. The van der Waals surface area contributed by atoms with Crippen LogP contribution in [-0.4, -0.2) is 69.5 Å². The molecule has 2 aliphatic heterocycles. The Bertz CT molecular complexity index is 1770. The molecular formula is C32H30F3N5O2. The summed E-state index contributed by atoms with van der Waals surface area (Å²) in [4.78, 5) is 17.8. The topological polar surface area (TPSA) is 74.6 Å². The number of ether oxygens (including phenoxy) is 1. The molecule has 0 radical (unpaired) electrons. The summed E-state index contributed by atoms with van der Waals surface area (Å²) in [5.74, 6) is 1.30. The molecule has 3 fully saturated rings. The van der Waals surface area contributed by atoms with E-state index in [2.05, 4.69) is 20.8 Å². The number of hydrogen-bond donors (Lipinski definition) is 1. The smallest absolute Gasteiger partial charge is 0.319 e. The number of aromatic nitrogens is 3. The number of phenolic OH excluding ortho intramolecular Hbond substituents is 1. The lowest BCUT2D eigenvalue weighted by Crippen LogP contribution is -2.43. The first-order chi connectivity index (χ1) is 20.3. The van der Waals surface area contributed by atoms with Crippen molar-refractivity contribution in [1.29, 1.82) is 0 Å². The lowest BCUT2D eigenvalue weighted by atomic mass is 9.91. The molecule has 0 bridgehead atoms. The highest BCUT2D eigenvalue weighted by molar-refractivity contribution is 6.03. The predicted octanol–water partition coefficient (Wildman–Crippen LogP) is 5.75. The Morgan fingerprint density at radius 2 is 2.05 bits per heavy atom. The van der Waals surface area contributed by atoms with Crippen LogP contribution < -0.4 is 9.64 Å². The third-order valence-corrected chi connectivity index (χ3v) is 9.28. The minimum atomic E-state index is -0.910. The second-order valence-electron chi connectivity index (χ2n) is 11.7. The van der Waals surface area contributed by atoms with Gasteiger partial charge in [-0.15, -0.1) is 6.42 Å². The molecule has 1 aliphatic carbocycles. The number of aromatic hydroxyl groups is 1. The summed E-state index contributed by atoms with van der Waals surface area (Å²) in [5.41, 5.74) is -0.479. The quantitative estimate of drug-likeness (QED) is 0.294. The van der Waals surface area contributed by atoms with E-state index in [0.717, 1.165) is 38.6 Å². The van der Waals surface area contributed by atoms with Crippen molar-refractivity contribution < 1.29 is 23.0 Å². The van der Waals surface area contributed by atoms with Gasteiger partial charge < -0.3 is 14.7 Å². The zero-order chi connectivity index (χ0) is 29.2. The van der Waals surface area contributed by atoms with Crippen LogP contribution >= 0.6 is 0 Å². The monoisotopic (exact) mass is 573 g/mol. The first-order valence-electron chi connectivity index (χ1n) is 14.3. The average Bonchev–Trinajstić information content (AvgIpc) is 3.46. The second kappa shape index (κ2) is 10.0. The number of phenols is 1. The molecule has 0 spiro atoms. The van der Waals surface area contributed by atoms with Crippen molar-refractivity contribution in [3.8, 4) is 35.4 Å². The molecule has 1 saturated carbocycles. The Labute approximate surface area is 241 Å². The van der Waals surface area contributed by atoms with Gasteiger partial charge in [0.25, 0.3) is 0 Å². The Morgan fingerprint density at radius 1 is 1.21 bits per heavy atom. The summed E-state index contributed by atoms with van der Waals surface area (Å²) < 4.78 is 51.8. The highest BCUT2D eigenvalue weighted by atomic mass is 19.1. The normalized spacial score (nSPS) is 22.3. The first-order valence-corrected chi connectivity index (χ1v) is 14.3. The summed E-state index contributed by atoms with van der Waals surface area (Å²) in [6.45, 7) is 1.41. The maximum absolute atomic E-state index is 16.6. The number of alkyl halides is 1. The van der Waals surface area contributed by atoms with Crippen molar-refractivity contribution in [2.75, 3.05) is 31.6 Å². The molecule has 42 heavy (non-hydrogen) atoms. The number of pyridine rings is 1. The van der Waals surface area contributed by atoms with Crippen LogP contribution in [-0.2, 0) is 0 Å². The Morgan fingerprint density at radius 3 is 2.81 bits per heavy atom. The van der Waals surface area contributed by atoms with E-state index in [1.165, 1.54) is 30.5 Å². The molecule has 2 saturated heterocycles. The van der Waals surface area contributed by atoms with E-state index < -0.39 is 23.3 Å². The van der Waals surface area contributed by atoms with E-state index in [1.54, 1.807) is 0 Å². The van der Waals surface area contributed by atoms with Crippen LogP contribution in [0.1, 0.15) is 44.1 Å². The lowest BCUT2D eigenvalue weighted by Gasteiger charge is -2.36. The maximum atomic E-state index is 16.6. The molecule has 2 atom stereocenters. The largest absolute Gasteiger partial charge is 0.508 e. The lowest BCUT2D eigenvalue weighted by molar-refractivity contribution is 0.107. The van der Waals surface area contributed by atoms with Gasteiger partial charge in [-0.2, -0.15) is 9.97 Å². The number of fused-ring (bicyclic) bond motifs is 3. The molecular weight excluding hydrogens is 543 g/mol. The molecule has 3 aliphatic rings. The van der Waals surface area contributed by atoms with Gasteiger partial charge in [-0.05, 0) is 62.2 Å². The molecule has 1 N–H and O–H groups in total. The molecule has 216 valence electrons. The molecule has 7 nitrogen and oxygen atoms in total. The number of terminal acetylenes is 1. The number of hydrogen-bond acceptors (Lipinski definition) is 7. The van der Waals surface area contributed by atoms with E-state index in [1.807, 2.05) is 11.9 Å². The van der Waals surface area contributed by atoms with Crippen LogP contribution in [0.4, 0.5) is 19.0 Å². The third kappa shape index (κ3) is 4.21. The Balaban J connectivity index is 1.38. The Kier molecular flexibility index (Phi) is 6.39. The summed E-state index contributed by atoms with van der Waals surface area (Å²) in [5, 5.41) is 11.6. The van der Waals surface area contributed by atoms with Gasteiger partial charge >= 0.3 is 6.01 Å². The van der Waals surface area contributed by atoms with Crippen LogP contribution in [0.5, 0.6) is 11.8 Å². The van der Waals surface area contributed by atoms with Crippen LogP contribution in [0.25, 0.3) is 32.9 Å². The number of anilines is 1. The van der Waals surface area contributed by atoms with Gasteiger partial charge in [0.05, 0.1) is 16.5 Å². The number of rotatable bonds is 6. The summed E-state index contributed by atoms with van der Waals surface area (Å²) in [7, 11) is 1.91. The fraction of sp³-hybridized carbons (Fsp3) is 0.406. The van der Waals surface area contributed by atoms with Gasteiger partial charge in [0.2, 0.25) is 0 Å². The summed E-state index contributed by atoms with van der Waals surface area (Å²) in [6.07, 6.45) is 11.5. The minimum Gasteiger partial charge on any atom is -0.508 e. The zero-order valence-corrected chi connectivity index (χ0v) is 23.2. The van der Waals surface area contributed by atoms with E-state index in [9.17, 15) is 13.9 Å². The number of halogens is 3. The highest BCUT2D eigenvalue weighted by Gasteiger charge is 2.49. The maximum Gasteiger partial charge on any atom is 0.319 e. The predicted molar refractivity (Wildman–Crippen MR) is 154 cm³/mol. The van der Waals surface area contributed by atoms with Crippen molar-refractivity contribution in [1.82, 2.24) is 19.9 Å². The van der Waals surface area contributed by atoms with Crippen LogP contribution in [0, 0.1) is 24.0 Å². The van der Waals surface area contributed by atoms with E-state index in [0.29, 0.717) is 29.6 Å². The van der Waals surface area contributed by atoms with E-state index in [4.69, 9.17) is 16.1 Å². The van der Waals surface area contributed by atoms with Gasteiger partial charge in [0.1, 0.15) is 41.4 Å². The summed E-state index contributed by atoms with van der Waals surface area (Å²) >= 11 is 0. The molecule has 4 heterocycles. The number of nitrogens with zero attached hydrogens (tertiary/aromatic N) is 5. The van der Waals surface area contributed by atoms with Gasteiger partial charge in [0, 0.05) is 43.2 Å². The van der Waals surface area contributed by atoms with Crippen molar-refractivity contribution in [3.05, 3.63) is 47.7 Å². The average molecular weight is 574 g/mol. The fourth-order valence-electron chi connectivity index (χ4n) is 6.89. The molecule has 0 unspecified atom stereocenters. The zero-order valence-electron chi connectivity index (χ0n) is 23.2. The SMILES string of the molecule is C#Cc1c(F)ccc2cc(O)cc(-c3ncc4c(N(C)C5CCC5)nc(OC[C@@]56CCCN5C[C@H](F)C6)nc4c3F)c12. The molecule has 10 heteroatoms. The fourth-order valence-corrected chi connectivity index (χ4v) is 6.89. The van der Waals surface area contributed by atoms with E-state index in [-0.39, 0.29) is 52.1 Å². The number of benzene rings is 2. The van der Waals surface area contributed by atoms with Gasteiger partial charge in [0.15, 0.2) is 5.82 Å². The molecule has 0 amide bonds. The highest BCUT2D eigenvalue weighted by Crippen LogP contribution is 2.42. The minimum absolute atomic E-state index is 0.000572. The van der Waals surface area contributed by atoms with Crippen molar-refractivity contribution in [2.24, 2.45) is 0 Å². The van der Waals surface area contributed by atoms with Gasteiger partial charge in [-0.25, -0.2) is 13.2 Å². The third-order valence-electron chi connectivity index (χ3n) is 9.28. The molecule has 2 aromatic carbocycles. The van der Waals surface area contributed by atoms with Crippen LogP contribution in [0.3, 0.4) is 0 Å². The summed E-state index contributed by atoms with van der Waals surface area (Å²) in [6, 6.07) is 5.69. The van der Waals surface area contributed by atoms with Gasteiger partial charge in [-0.3, -0.25) is 9.88 Å². The van der Waals surface area contributed by atoms with Crippen molar-refractivity contribution in [3.63, 3.8) is 0 Å². The molecule has 4 aromatic rings. The van der Waals surface area contributed by atoms with Crippen LogP contribution in [0.15, 0.2) is 30.5 Å². The Hall–Kier alpha value is -4.10. The molecule has 2 aromatic heterocycles. The second-order valence-corrected chi connectivity index (χ2v) is 11.7. The standard InChI is InChI=1S/C32H30F3N5O2/c1-3-22-25(34)9-8-18-12-21(41)13-23(26(18)22)28-27(35)29-24(15-36-28)30(39(2)20-6-4-7-20)38-31(37-29)42-17-32-10-5-11-40(32)16-19(33)14-32/h1,8-9,12-13,15,19-20,41H,4-7,10-11,14,16-17H2,2H3/t19-,32+/m1/s1. The molecule has 7 rings (SSSR count). The van der Waals surface area contributed by atoms with Crippen molar-refractivity contribution >= 4 is 27.5 Å². The van der Waals surface area contributed by atoms with E-state index >= 15 is 4.39 Å². The van der Waals surface area contributed by atoms with Gasteiger partial charge in [-0.1, -0.05) is 12.0 Å².